The molecule has 0 aliphatic rings. The lowest BCUT2D eigenvalue weighted by Gasteiger charge is -2.16. The highest BCUT2D eigenvalue weighted by atomic mass is 16.3. The van der Waals surface area contributed by atoms with Crippen LogP contribution in [0.5, 0.6) is 0 Å². The Labute approximate surface area is 116 Å². The Morgan fingerprint density at radius 2 is 2.10 bits per heavy atom. The van der Waals surface area contributed by atoms with Crippen molar-refractivity contribution in [3.63, 3.8) is 0 Å². The van der Waals surface area contributed by atoms with Gasteiger partial charge in [0, 0.05) is 31.2 Å². The van der Waals surface area contributed by atoms with Crippen molar-refractivity contribution in [2.24, 2.45) is 0 Å². The molecule has 0 spiro atoms. The number of furan rings is 1. The molecular weight excluding hydrogens is 252 g/mol. The molecular formula is C15H14N4O. The Morgan fingerprint density at radius 1 is 1.15 bits per heavy atom. The average Bonchev–Trinajstić information content (AvgIpc) is 3.01. The van der Waals surface area contributed by atoms with Crippen LogP contribution in [0.3, 0.4) is 0 Å². The van der Waals surface area contributed by atoms with E-state index < -0.39 is 0 Å². The molecule has 0 saturated heterocycles. The van der Waals surface area contributed by atoms with Crippen LogP contribution in [-0.4, -0.2) is 22.0 Å². The SMILES string of the molecule is CN(Cc1ccco1)c1ccnc(-c2cccnc2)n1. The van der Waals surface area contributed by atoms with Gasteiger partial charge < -0.3 is 9.32 Å². The predicted molar refractivity (Wildman–Crippen MR) is 76.1 cm³/mol. The Morgan fingerprint density at radius 3 is 2.85 bits per heavy atom. The molecule has 0 radical (unpaired) electrons. The molecule has 0 bridgehead atoms. The van der Waals surface area contributed by atoms with Crippen molar-refractivity contribution in [3.8, 4) is 11.4 Å². The van der Waals surface area contributed by atoms with Crippen molar-refractivity contribution in [3.05, 3.63) is 60.9 Å². The minimum Gasteiger partial charge on any atom is -0.467 e. The summed E-state index contributed by atoms with van der Waals surface area (Å²) < 4.78 is 5.35. The van der Waals surface area contributed by atoms with Crippen molar-refractivity contribution in [1.29, 1.82) is 0 Å². The van der Waals surface area contributed by atoms with Gasteiger partial charge in [-0.25, -0.2) is 9.97 Å². The highest BCUT2D eigenvalue weighted by molar-refractivity contribution is 5.55. The number of nitrogens with zero attached hydrogens (tertiary/aromatic N) is 4. The molecule has 5 heteroatoms. The molecule has 3 aromatic rings. The zero-order chi connectivity index (χ0) is 13.8. The van der Waals surface area contributed by atoms with Gasteiger partial charge in [0.25, 0.3) is 0 Å². The van der Waals surface area contributed by atoms with Crippen LogP contribution in [0.4, 0.5) is 5.82 Å². The fourth-order valence-electron chi connectivity index (χ4n) is 1.91. The summed E-state index contributed by atoms with van der Waals surface area (Å²) in [5.74, 6) is 2.41. The summed E-state index contributed by atoms with van der Waals surface area (Å²) in [5.41, 5.74) is 0.903. The van der Waals surface area contributed by atoms with Gasteiger partial charge >= 0.3 is 0 Å². The number of anilines is 1. The van der Waals surface area contributed by atoms with E-state index in [1.165, 1.54) is 0 Å². The topological polar surface area (TPSA) is 55.1 Å². The van der Waals surface area contributed by atoms with Crippen LogP contribution >= 0.6 is 0 Å². The Balaban J connectivity index is 1.84. The molecule has 3 rings (SSSR count). The molecule has 3 aromatic heterocycles. The van der Waals surface area contributed by atoms with Crippen molar-refractivity contribution < 1.29 is 4.42 Å². The molecule has 0 aliphatic carbocycles. The van der Waals surface area contributed by atoms with Gasteiger partial charge in [-0.15, -0.1) is 0 Å². The molecule has 0 aliphatic heterocycles. The quantitative estimate of drug-likeness (QED) is 0.726. The summed E-state index contributed by atoms with van der Waals surface area (Å²) in [6.07, 6.45) is 6.91. The highest BCUT2D eigenvalue weighted by Gasteiger charge is 2.08. The first-order chi connectivity index (χ1) is 9.83. The normalized spacial score (nSPS) is 10.4. The molecule has 0 atom stereocenters. The summed E-state index contributed by atoms with van der Waals surface area (Å²) in [4.78, 5) is 14.9. The lowest BCUT2D eigenvalue weighted by Crippen LogP contribution is -2.17. The monoisotopic (exact) mass is 266 g/mol. The molecule has 0 amide bonds. The molecule has 3 heterocycles. The lowest BCUT2D eigenvalue weighted by molar-refractivity contribution is 0.507. The van der Waals surface area contributed by atoms with Gasteiger partial charge in [0.1, 0.15) is 11.6 Å². The number of aromatic nitrogens is 3. The fraction of sp³-hybridized carbons (Fsp3) is 0.133. The van der Waals surface area contributed by atoms with Crippen LogP contribution in [0.25, 0.3) is 11.4 Å². The van der Waals surface area contributed by atoms with Crippen molar-refractivity contribution in [1.82, 2.24) is 15.0 Å². The molecule has 0 unspecified atom stereocenters. The Kier molecular flexibility index (Phi) is 3.41. The van der Waals surface area contributed by atoms with Crippen LogP contribution in [0, 0.1) is 0 Å². The number of hydrogen-bond acceptors (Lipinski definition) is 5. The van der Waals surface area contributed by atoms with E-state index in [1.54, 1.807) is 24.9 Å². The standard InChI is InChI=1S/C15H14N4O/c1-19(11-13-5-3-9-20-13)14-6-8-17-15(18-14)12-4-2-7-16-10-12/h2-10H,11H2,1H3. The third-order valence-corrected chi connectivity index (χ3v) is 2.92. The van der Waals surface area contributed by atoms with E-state index in [-0.39, 0.29) is 0 Å². The van der Waals surface area contributed by atoms with E-state index in [0.717, 1.165) is 17.1 Å². The zero-order valence-electron chi connectivity index (χ0n) is 11.1. The number of pyridine rings is 1. The minimum absolute atomic E-state index is 0.663. The molecule has 0 fully saturated rings. The third-order valence-electron chi connectivity index (χ3n) is 2.92. The smallest absolute Gasteiger partial charge is 0.163 e. The van der Waals surface area contributed by atoms with Crippen molar-refractivity contribution in [2.75, 3.05) is 11.9 Å². The molecule has 0 saturated carbocycles. The fourth-order valence-corrected chi connectivity index (χ4v) is 1.91. The first-order valence-electron chi connectivity index (χ1n) is 6.30. The van der Waals surface area contributed by atoms with Gasteiger partial charge in [0.15, 0.2) is 5.82 Å². The summed E-state index contributed by atoms with van der Waals surface area (Å²) in [6.45, 7) is 0.663. The van der Waals surface area contributed by atoms with Crippen LogP contribution < -0.4 is 4.90 Å². The molecule has 0 N–H and O–H groups in total. The summed E-state index contributed by atoms with van der Waals surface area (Å²) >= 11 is 0. The predicted octanol–water partition coefficient (Wildman–Crippen LogP) is 2.77. The van der Waals surface area contributed by atoms with E-state index in [2.05, 4.69) is 15.0 Å². The van der Waals surface area contributed by atoms with Gasteiger partial charge in [0.2, 0.25) is 0 Å². The largest absolute Gasteiger partial charge is 0.467 e. The maximum absolute atomic E-state index is 5.35. The zero-order valence-corrected chi connectivity index (χ0v) is 11.1. The van der Waals surface area contributed by atoms with Gasteiger partial charge in [-0.1, -0.05) is 0 Å². The van der Waals surface area contributed by atoms with Gasteiger partial charge in [-0.3, -0.25) is 4.98 Å². The van der Waals surface area contributed by atoms with Crippen molar-refractivity contribution >= 4 is 5.82 Å². The molecule has 20 heavy (non-hydrogen) atoms. The van der Waals surface area contributed by atoms with Gasteiger partial charge in [-0.05, 0) is 30.3 Å². The number of rotatable bonds is 4. The lowest BCUT2D eigenvalue weighted by atomic mass is 10.2. The minimum atomic E-state index is 0.663. The van der Waals surface area contributed by atoms with Crippen LogP contribution in [0.1, 0.15) is 5.76 Å². The van der Waals surface area contributed by atoms with E-state index in [1.807, 2.05) is 42.3 Å². The van der Waals surface area contributed by atoms with E-state index in [4.69, 9.17) is 4.42 Å². The second-order valence-electron chi connectivity index (χ2n) is 4.42. The highest BCUT2D eigenvalue weighted by Crippen LogP contribution is 2.18. The maximum Gasteiger partial charge on any atom is 0.163 e. The summed E-state index contributed by atoms with van der Waals surface area (Å²) in [6, 6.07) is 9.52. The van der Waals surface area contributed by atoms with Crippen LogP contribution in [-0.2, 0) is 6.54 Å². The number of hydrogen-bond donors (Lipinski definition) is 0. The van der Waals surface area contributed by atoms with E-state index in [9.17, 15) is 0 Å². The third kappa shape index (κ3) is 2.66. The Bertz CT molecular complexity index is 667. The summed E-state index contributed by atoms with van der Waals surface area (Å²) in [5, 5.41) is 0. The van der Waals surface area contributed by atoms with Gasteiger partial charge in [0.05, 0.1) is 12.8 Å². The Hall–Kier alpha value is -2.69. The second kappa shape index (κ2) is 5.52. The first kappa shape index (κ1) is 12.3. The van der Waals surface area contributed by atoms with Crippen LogP contribution in [0.15, 0.2) is 59.6 Å². The maximum atomic E-state index is 5.35. The van der Waals surface area contributed by atoms with Crippen molar-refractivity contribution in [2.45, 2.75) is 6.54 Å². The molecule has 100 valence electrons. The van der Waals surface area contributed by atoms with Gasteiger partial charge in [-0.2, -0.15) is 0 Å². The molecule has 5 nitrogen and oxygen atoms in total. The first-order valence-corrected chi connectivity index (χ1v) is 6.30. The average molecular weight is 266 g/mol. The summed E-state index contributed by atoms with van der Waals surface area (Å²) in [7, 11) is 1.97. The van der Waals surface area contributed by atoms with E-state index >= 15 is 0 Å². The second-order valence-corrected chi connectivity index (χ2v) is 4.42. The van der Waals surface area contributed by atoms with Crippen LogP contribution in [0.2, 0.25) is 0 Å². The molecule has 0 aromatic carbocycles. The van der Waals surface area contributed by atoms with E-state index in [0.29, 0.717) is 12.4 Å².